The summed E-state index contributed by atoms with van der Waals surface area (Å²) in [7, 11) is 0. The second kappa shape index (κ2) is 8.73. The van der Waals surface area contributed by atoms with Gasteiger partial charge in [0.25, 0.3) is 0 Å². The number of hydrogen-bond acceptors (Lipinski definition) is 7. The van der Waals surface area contributed by atoms with Gasteiger partial charge >= 0.3 is 0 Å². The van der Waals surface area contributed by atoms with E-state index in [9.17, 15) is 4.79 Å². The van der Waals surface area contributed by atoms with Crippen molar-refractivity contribution in [2.75, 3.05) is 0 Å². The molecule has 0 aliphatic carbocycles. The molecule has 152 valence electrons. The number of hydrogen-bond donors (Lipinski definition) is 1. The minimum atomic E-state index is -0.0482. The van der Waals surface area contributed by atoms with Gasteiger partial charge in [0.05, 0.1) is 12.2 Å². The summed E-state index contributed by atoms with van der Waals surface area (Å²) in [5.74, 6) is 1.65. The number of H-pyrrole nitrogens is 1. The Morgan fingerprint density at radius 3 is 2.60 bits per heavy atom. The van der Waals surface area contributed by atoms with Crippen LogP contribution in [0.1, 0.15) is 48.8 Å². The Hall–Kier alpha value is -3.75. The lowest BCUT2D eigenvalue weighted by Gasteiger charge is -2.08. The van der Waals surface area contributed by atoms with Gasteiger partial charge in [-0.2, -0.15) is 0 Å². The molecule has 0 fully saturated rings. The number of pyridine rings is 1. The van der Waals surface area contributed by atoms with E-state index in [-0.39, 0.29) is 11.6 Å². The lowest BCUT2D eigenvalue weighted by Crippen LogP contribution is -2.09. The zero-order valence-corrected chi connectivity index (χ0v) is 16.9. The van der Waals surface area contributed by atoms with Crippen LogP contribution in [-0.2, 0) is 13.0 Å². The van der Waals surface area contributed by atoms with Gasteiger partial charge in [0.15, 0.2) is 5.82 Å². The molecular weight excluding hydrogens is 380 g/mol. The first-order valence-corrected chi connectivity index (χ1v) is 9.95. The normalized spacial score (nSPS) is 11.0. The highest BCUT2D eigenvalue weighted by Crippen LogP contribution is 2.29. The average molecular weight is 402 g/mol. The summed E-state index contributed by atoms with van der Waals surface area (Å²) in [4.78, 5) is 21.0. The molecular formula is C21H22N8O. The number of carbonyl (C=O) groups excluding carboxylic acids is 1. The van der Waals surface area contributed by atoms with E-state index in [4.69, 9.17) is 0 Å². The van der Waals surface area contributed by atoms with Crippen molar-refractivity contribution in [2.45, 2.75) is 39.7 Å². The summed E-state index contributed by atoms with van der Waals surface area (Å²) in [6.45, 7) is 4.36. The minimum absolute atomic E-state index is 0.0482. The van der Waals surface area contributed by atoms with Gasteiger partial charge in [0.1, 0.15) is 5.82 Å². The third kappa shape index (κ3) is 4.00. The van der Waals surface area contributed by atoms with Gasteiger partial charge in [-0.25, -0.2) is 14.8 Å². The van der Waals surface area contributed by atoms with Crippen LogP contribution >= 0.6 is 0 Å². The number of nitrogens with zero attached hydrogens (tertiary/aromatic N) is 7. The molecule has 0 radical (unpaired) electrons. The van der Waals surface area contributed by atoms with Crippen LogP contribution in [0.3, 0.4) is 0 Å². The van der Waals surface area contributed by atoms with Crippen LogP contribution in [-0.4, -0.2) is 46.2 Å². The zero-order valence-electron chi connectivity index (χ0n) is 16.9. The summed E-state index contributed by atoms with van der Waals surface area (Å²) in [5.41, 5.74) is 3.69. The number of aromatic amines is 1. The standard InChI is InChI=1S/C21H22N8O/c1-3-7-19-23-21(18(30)4-2)26-29(19)13-15-11-10-14(12-22-15)16-8-5-6-9-17(16)20-24-27-28-25-20/h5-6,8-12H,3-4,7,13H2,1-2H3,(H,24,25,27,28). The monoisotopic (exact) mass is 402 g/mol. The first-order chi connectivity index (χ1) is 14.7. The Labute approximate surface area is 173 Å². The number of aryl methyl sites for hydroxylation is 1. The fourth-order valence-electron chi connectivity index (χ4n) is 3.23. The molecule has 9 nitrogen and oxygen atoms in total. The maximum absolute atomic E-state index is 12.0. The predicted octanol–water partition coefficient (Wildman–Crippen LogP) is 3.11. The van der Waals surface area contributed by atoms with Gasteiger partial charge in [-0.15, -0.1) is 10.2 Å². The number of benzene rings is 1. The van der Waals surface area contributed by atoms with Crippen molar-refractivity contribution in [1.29, 1.82) is 0 Å². The van der Waals surface area contributed by atoms with E-state index in [2.05, 4.69) is 42.6 Å². The SMILES string of the molecule is CCCc1nc(C(=O)CC)nn1Cc1ccc(-c2ccccc2-c2nnn[nH]2)cn1. The summed E-state index contributed by atoms with van der Waals surface area (Å²) in [6, 6.07) is 11.9. The first-order valence-electron chi connectivity index (χ1n) is 9.95. The second-order valence-corrected chi connectivity index (χ2v) is 6.87. The maximum Gasteiger partial charge on any atom is 0.217 e. The van der Waals surface area contributed by atoms with Crippen molar-refractivity contribution in [3.05, 3.63) is 59.9 Å². The van der Waals surface area contributed by atoms with Crippen molar-refractivity contribution < 1.29 is 4.79 Å². The quantitative estimate of drug-likeness (QED) is 0.450. The number of nitrogens with one attached hydrogen (secondary N) is 1. The third-order valence-corrected chi connectivity index (χ3v) is 4.77. The summed E-state index contributed by atoms with van der Waals surface area (Å²) >= 11 is 0. The Balaban J connectivity index is 1.60. The smallest absolute Gasteiger partial charge is 0.217 e. The van der Waals surface area contributed by atoms with Gasteiger partial charge in [-0.05, 0) is 28.5 Å². The van der Waals surface area contributed by atoms with Crippen LogP contribution in [0.5, 0.6) is 0 Å². The fourth-order valence-corrected chi connectivity index (χ4v) is 3.23. The molecule has 1 aromatic carbocycles. The Morgan fingerprint density at radius 2 is 1.93 bits per heavy atom. The molecule has 0 bridgehead atoms. The third-order valence-electron chi connectivity index (χ3n) is 4.77. The molecule has 0 saturated heterocycles. The van der Waals surface area contributed by atoms with E-state index in [1.165, 1.54) is 0 Å². The number of rotatable bonds is 8. The highest BCUT2D eigenvalue weighted by molar-refractivity contribution is 5.92. The van der Waals surface area contributed by atoms with Crippen LogP contribution in [0.25, 0.3) is 22.5 Å². The van der Waals surface area contributed by atoms with Gasteiger partial charge < -0.3 is 0 Å². The molecule has 0 atom stereocenters. The van der Waals surface area contributed by atoms with E-state index in [0.29, 0.717) is 18.8 Å². The molecule has 9 heteroatoms. The van der Waals surface area contributed by atoms with Gasteiger partial charge in [0, 0.05) is 30.2 Å². The average Bonchev–Trinajstić information content (AvgIpc) is 3.45. The first kappa shape index (κ1) is 19.6. The van der Waals surface area contributed by atoms with Crippen LogP contribution < -0.4 is 0 Å². The lowest BCUT2D eigenvalue weighted by molar-refractivity contribution is 0.0978. The molecule has 0 aliphatic heterocycles. The molecule has 4 rings (SSSR count). The Morgan fingerprint density at radius 1 is 1.10 bits per heavy atom. The van der Waals surface area contributed by atoms with Crippen molar-refractivity contribution in [3.63, 3.8) is 0 Å². The van der Waals surface area contributed by atoms with Crippen molar-refractivity contribution in [2.24, 2.45) is 0 Å². The Bertz CT molecular complexity index is 1130. The Kier molecular flexibility index (Phi) is 5.69. The van der Waals surface area contributed by atoms with Gasteiger partial charge in [0.2, 0.25) is 11.6 Å². The predicted molar refractivity (Wildman–Crippen MR) is 111 cm³/mol. The van der Waals surface area contributed by atoms with E-state index in [1.807, 2.05) is 49.5 Å². The number of ketones is 1. The van der Waals surface area contributed by atoms with Crippen LogP contribution in [0.2, 0.25) is 0 Å². The molecule has 30 heavy (non-hydrogen) atoms. The fraction of sp³-hybridized carbons (Fsp3) is 0.286. The molecule has 4 aromatic rings. The second-order valence-electron chi connectivity index (χ2n) is 6.87. The molecule has 1 N–H and O–H groups in total. The topological polar surface area (TPSA) is 115 Å². The van der Waals surface area contributed by atoms with Crippen molar-refractivity contribution in [3.8, 4) is 22.5 Å². The van der Waals surface area contributed by atoms with E-state index < -0.39 is 0 Å². The summed E-state index contributed by atoms with van der Waals surface area (Å²) < 4.78 is 1.78. The van der Waals surface area contributed by atoms with E-state index in [0.717, 1.165) is 41.1 Å². The molecule has 0 amide bonds. The number of Topliss-reactive ketones (excluding diaryl/α,β-unsaturated/α-hetero) is 1. The molecule has 3 heterocycles. The van der Waals surface area contributed by atoms with Crippen molar-refractivity contribution >= 4 is 5.78 Å². The zero-order chi connectivity index (χ0) is 20.9. The molecule has 0 unspecified atom stereocenters. The lowest BCUT2D eigenvalue weighted by atomic mass is 10.0. The number of aromatic nitrogens is 8. The van der Waals surface area contributed by atoms with Crippen LogP contribution in [0.15, 0.2) is 42.6 Å². The van der Waals surface area contributed by atoms with Gasteiger partial charge in [-0.1, -0.05) is 44.2 Å². The largest absolute Gasteiger partial charge is 0.291 e. The summed E-state index contributed by atoms with van der Waals surface area (Å²) in [6.07, 6.45) is 3.91. The van der Waals surface area contributed by atoms with Crippen LogP contribution in [0.4, 0.5) is 0 Å². The highest BCUT2D eigenvalue weighted by Gasteiger charge is 2.15. The van der Waals surface area contributed by atoms with E-state index >= 15 is 0 Å². The number of carbonyl (C=O) groups is 1. The van der Waals surface area contributed by atoms with Crippen molar-refractivity contribution in [1.82, 2.24) is 40.4 Å². The minimum Gasteiger partial charge on any atom is -0.291 e. The maximum atomic E-state index is 12.0. The van der Waals surface area contributed by atoms with Crippen LogP contribution in [0, 0.1) is 0 Å². The molecule has 0 saturated carbocycles. The number of tetrazole rings is 1. The highest BCUT2D eigenvalue weighted by atomic mass is 16.1. The molecule has 3 aromatic heterocycles. The molecule has 0 aliphatic rings. The van der Waals surface area contributed by atoms with E-state index in [1.54, 1.807) is 4.68 Å². The molecule has 0 spiro atoms. The van der Waals surface area contributed by atoms with Gasteiger partial charge in [-0.3, -0.25) is 9.78 Å². The summed E-state index contributed by atoms with van der Waals surface area (Å²) in [5, 5.41) is 18.6.